The lowest BCUT2D eigenvalue weighted by Crippen LogP contribution is -2.38. The van der Waals surface area contributed by atoms with Crippen LogP contribution in [0.3, 0.4) is 0 Å². The largest absolute Gasteiger partial charge is 0.494 e. The monoisotopic (exact) mass is 438 g/mol. The standard InChI is InChI=1S/C24H26N2O4S/c1-4-30-21-13-11-20(12-14-21)26(31(28,29)22-15-9-18(2)10-16-22)17-24(27)25-23-8-6-5-7-19(23)3/h5-16H,4,17H2,1-3H3,(H,25,27). The lowest BCUT2D eigenvalue weighted by Gasteiger charge is -2.24. The van der Waals surface area contributed by atoms with Gasteiger partial charge in [-0.25, -0.2) is 8.42 Å². The van der Waals surface area contributed by atoms with Gasteiger partial charge in [-0.1, -0.05) is 35.9 Å². The van der Waals surface area contributed by atoms with E-state index in [0.29, 0.717) is 23.7 Å². The normalized spacial score (nSPS) is 11.1. The molecule has 162 valence electrons. The third-order valence-corrected chi connectivity index (χ3v) is 6.54. The average molecular weight is 439 g/mol. The molecule has 7 heteroatoms. The molecule has 0 aliphatic carbocycles. The van der Waals surface area contributed by atoms with Crippen LogP contribution in [0.15, 0.2) is 77.7 Å². The summed E-state index contributed by atoms with van der Waals surface area (Å²) in [4.78, 5) is 12.9. The van der Waals surface area contributed by atoms with Gasteiger partial charge in [-0.05, 0) is 68.8 Å². The van der Waals surface area contributed by atoms with Crippen molar-refractivity contribution in [3.8, 4) is 5.75 Å². The van der Waals surface area contributed by atoms with Crippen LogP contribution in [0.5, 0.6) is 5.75 Å². The first-order valence-electron chi connectivity index (χ1n) is 9.99. The number of anilines is 2. The molecule has 1 N–H and O–H groups in total. The van der Waals surface area contributed by atoms with Gasteiger partial charge in [0.1, 0.15) is 12.3 Å². The van der Waals surface area contributed by atoms with Gasteiger partial charge in [0, 0.05) is 5.69 Å². The summed E-state index contributed by atoms with van der Waals surface area (Å²) in [6.45, 7) is 5.78. The Labute approximate surface area is 183 Å². The molecule has 31 heavy (non-hydrogen) atoms. The fourth-order valence-electron chi connectivity index (χ4n) is 3.06. The topological polar surface area (TPSA) is 75.7 Å². The summed E-state index contributed by atoms with van der Waals surface area (Å²) in [7, 11) is -3.96. The van der Waals surface area contributed by atoms with Crippen molar-refractivity contribution in [1.29, 1.82) is 0 Å². The molecule has 0 aliphatic rings. The number of aryl methyl sites for hydroxylation is 2. The second-order valence-electron chi connectivity index (χ2n) is 7.11. The van der Waals surface area contributed by atoms with E-state index in [0.717, 1.165) is 15.4 Å². The van der Waals surface area contributed by atoms with Crippen molar-refractivity contribution in [1.82, 2.24) is 0 Å². The highest BCUT2D eigenvalue weighted by molar-refractivity contribution is 7.92. The lowest BCUT2D eigenvalue weighted by molar-refractivity contribution is -0.114. The van der Waals surface area contributed by atoms with E-state index < -0.39 is 15.9 Å². The number of benzene rings is 3. The van der Waals surface area contributed by atoms with Crippen molar-refractivity contribution in [2.75, 3.05) is 22.8 Å². The fourth-order valence-corrected chi connectivity index (χ4v) is 4.48. The van der Waals surface area contributed by atoms with Crippen LogP contribution >= 0.6 is 0 Å². The third-order valence-electron chi connectivity index (χ3n) is 4.75. The van der Waals surface area contributed by atoms with Crippen molar-refractivity contribution in [3.63, 3.8) is 0 Å². The van der Waals surface area contributed by atoms with Gasteiger partial charge in [0.2, 0.25) is 5.91 Å². The summed E-state index contributed by atoms with van der Waals surface area (Å²) < 4.78 is 33.4. The molecule has 0 saturated carbocycles. The second-order valence-corrected chi connectivity index (χ2v) is 8.98. The van der Waals surface area contributed by atoms with Gasteiger partial charge in [0.25, 0.3) is 10.0 Å². The van der Waals surface area contributed by atoms with Crippen molar-refractivity contribution >= 4 is 27.3 Å². The molecule has 6 nitrogen and oxygen atoms in total. The first-order valence-corrected chi connectivity index (χ1v) is 11.4. The highest BCUT2D eigenvalue weighted by atomic mass is 32.2. The number of carbonyl (C=O) groups excluding carboxylic acids is 1. The summed E-state index contributed by atoms with van der Waals surface area (Å²) in [5, 5.41) is 2.81. The van der Waals surface area contributed by atoms with Gasteiger partial charge in [-0.2, -0.15) is 0 Å². The van der Waals surface area contributed by atoms with E-state index in [-0.39, 0.29) is 11.4 Å². The predicted octanol–water partition coefficient (Wildman–Crippen LogP) is 4.54. The molecule has 0 bridgehead atoms. The highest BCUT2D eigenvalue weighted by Crippen LogP contribution is 2.26. The maximum atomic E-state index is 13.4. The van der Waals surface area contributed by atoms with Crippen LogP contribution in [-0.4, -0.2) is 27.5 Å². The maximum Gasteiger partial charge on any atom is 0.264 e. The Kier molecular flexibility index (Phi) is 6.97. The maximum absolute atomic E-state index is 13.4. The molecular formula is C24H26N2O4S. The number of hydrogen-bond acceptors (Lipinski definition) is 4. The smallest absolute Gasteiger partial charge is 0.264 e. The van der Waals surface area contributed by atoms with Crippen LogP contribution in [0.4, 0.5) is 11.4 Å². The minimum absolute atomic E-state index is 0.121. The summed E-state index contributed by atoms with van der Waals surface area (Å²) in [5.74, 6) is 0.196. The van der Waals surface area contributed by atoms with E-state index in [1.54, 1.807) is 54.6 Å². The lowest BCUT2D eigenvalue weighted by atomic mass is 10.2. The summed E-state index contributed by atoms with van der Waals surface area (Å²) in [6.07, 6.45) is 0. The Bertz CT molecular complexity index is 1140. The molecule has 0 spiro atoms. The highest BCUT2D eigenvalue weighted by Gasteiger charge is 2.27. The third kappa shape index (κ3) is 5.44. The molecule has 3 rings (SSSR count). The SMILES string of the molecule is CCOc1ccc(N(CC(=O)Nc2ccccc2C)S(=O)(=O)c2ccc(C)cc2)cc1. The number of nitrogens with zero attached hydrogens (tertiary/aromatic N) is 1. The average Bonchev–Trinajstić information content (AvgIpc) is 2.75. The van der Waals surface area contributed by atoms with E-state index in [9.17, 15) is 13.2 Å². The number of ether oxygens (including phenoxy) is 1. The van der Waals surface area contributed by atoms with Crippen LogP contribution < -0.4 is 14.4 Å². The molecule has 0 heterocycles. The quantitative estimate of drug-likeness (QED) is 0.560. The van der Waals surface area contributed by atoms with Crippen molar-refractivity contribution in [2.45, 2.75) is 25.7 Å². The van der Waals surface area contributed by atoms with E-state index in [1.165, 1.54) is 0 Å². The van der Waals surface area contributed by atoms with Crippen LogP contribution in [0, 0.1) is 13.8 Å². The van der Waals surface area contributed by atoms with E-state index in [4.69, 9.17) is 4.74 Å². The molecule has 3 aromatic carbocycles. The molecule has 0 aliphatic heterocycles. The van der Waals surface area contributed by atoms with Crippen LogP contribution in [0.2, 0.25) is 0 Å². The number of para-hydroxylation sites is 1. The zero-order chi connectivity index (χ0) is 22.4. The molecule has 0 fully saturated rings. The molecule has 0 atom stereocenters. The minimum atomic E-state index is -3.96. The molecule has 0 radical (unpaired) electrons. The number of rotatable bonds is 8. The molecule has 3 aromatic rings. The van der Waals surface area contributed by atoms with Crippen molar-refractivity contribution in [2.24, 2.45) is 0 Å². The van der Waals surface area contributed by atoms with Gasteiger partial charge in [0.15, 0.2) is 0 Å². The number of hydrogen-bond donors (Lipinski definition) is 1. The van der Waals surface area contributed by atoms with Gasteiger partial charge in [-0.15, -0.1) is 0 Å². The first-order chi connectivity index (χ1) is 14.8. The van der Waals surface area contributed by atoms with Gasteiger partial charge in [-0.3, -0.25) is 9.10 Å². The zero-order valence-electron chi connectivity index (χ0n) is 17.8. The van der Waals surface area contributed by atoms with Crippen LogP contribution in [-0.2, 0) is 14.8 Å². The molecule has 0 unspecified atom stereocenters. The molecule has 0 aromatic heterocycles. The van der Waals surface area contributed by atoms with Crippen LogP contribution in [0.25, 0.3) is 0 Å². The molecule has 1 amide bonds. The first kappa shape index (κ1) is 22.4. The molecular weight excluding hydrogens is 412 g/mol. The number of amides is 1. The van der Waals surface area contributed by atoms with Gasteiger partial charge in [0.05, 0.1) is 17.2 Å². The Hall–Kier alpha value is -3.32. The van der Waals surface area contributed by atoms with Crippen molar-refractivity contribution < 1.29 is 17.9 Å². The number of carbonyl (C=O) groups is 1. The number of sulfonamides is 1. The molecule has 0 saturated heterocycles. The fraction of sp³-hybridized carbons (Fsp3) is 0.208. The summed E-state index contributed by atoms with van der Waals surface area (Å²) in [6, 6.07) is 20.6. The van der Waals surface area contributed by atoms with Crippen molar-refractivity contribution in [3.05, 3.63) is 83.9 Å². The minimum Gasteiger partial charge on any atom is -0.494 e. The zero-order valence-corrected chi connectivity index (χ0v) is 18.6. The van der Waals surface area contributed by atoms with E-state index in [1.807, 2.05) is 39.0 Å². The second kappa shape index (κ2) is 9.66. The Morgan fingerprint density at radius 2 is 1.58 bits per heavy atom. The Morgan fingerprint density at radius 1 is 0.935 bits per heavy atom. The summed E-state index contributed by atoms with van der Waals surface area (Å²) >= 11 is 0. The Balaban J connectivity index is 1.94. The van der Waals surface area contributed by atoms with Crippen LogP contribution in [0.1, 0.15) is 18.1 Å². The van der Waals surface area contributed by atoms with E-state index >= 15 is 0 Å². The predicted molar refractivity (Wildman–Crippen MR) is 123 cm³/mol. The Morgan fingerprint density at radius 3 is 2.19 bits per heavy atom. The van der Waals surface area contributed by atoms with Gasteiger partial charge >= 0.3 is 0 Å². The number of nitrogens with one attached hydrogen (secondary N) is 1. The van der Waals surface area contributed by atoms with E-state index in [2.05, 4.69) is 5.32 Å². The summed E-state index contributed by atoms with van der Waals surface area (Å²) in [5.41, 5.74) is 2.87. The van der Waals surface area contributed by atoms with Gasteiger partial charge < -0.3 is 10.1 Å².